The molecule has 0 heterocycles. The van der Waals surface area contributed by atoms with Crippen molar-refractivity contribution in [3.05, 3.63) is 11.6 Å². The molecular weight excluding hydrogens is 452 g/mol. The van der Waals surface area contributed by atoms with Gasteiger partial charge in [0.15, 0.2) is 0 Å². The molecule has 5 nitrogen and oxygen atoms in total. The Hall–Kier alpha value is -1.36. The van der Waals surface area contributed by atoms with Crippen LogP contribution in [-0.4, -0.2) is 33.4 Å². The maximum Gasteiger partial charge on any atom is 0.328 e. The van der Waals surface area contributed by atoms with Crippen molar-refractivity contribution in [2.45, 2.75) is 112 Å². The average Bonchev–Trinajstić information content (AvgIpc) is 3.18. The minimum Gasteiger partial charge on any atom is -0.481 e. The highest BCUT2D eigenvalue weighted by atomic mass is 16.4. The first-order valence-electron chi connectivity index (χ1n) is 14.5. The molecule has 5 saturated carbocycles. The summed E-state index contributed by atoms with van der Waals surface area (Å²) in [5.41, 5.74) is 0.419. The minimum atomic E-state index is -0.928. The summed E-state index contributed by atoms with van der Waals surface area (Å²) in [5, 5.41) is 31.0. The van der Waals surface area contributed by atoms with Crippen LogP contribution >= 0.6 is 0 Å². The number of aliphatic carboxylic acids is 2. The molecule has 0 aromatic heterocycles. The van der Waals surface area contributed by atoms with Gasteiger partial charge >= 0.3 is 11.9 Å². The number of carbonyl (C=O) groups is 2. The summed E-state index contributed by atoms with van der Waals surface area (Å²) in [6, 6.07) is 0. The number of aliphatic hydroxyl groups excluding tert-OH is 1. The molecule has 10 atom stereocenters. The molecule has 5 fully saturated rings. The Morgan fingerprint density at radius 1 is 0.778 bits per heavy atom. The number of fused-ring (bicyclic) bond motifs is 7. The number of rotatable bonds is 3. The van der Waals surface area contributed by atoms with E-state index in [1.807, 2.05) is 6.92 Å². The molecule has 5 aliphatic rings. The van der Waals surface area contributed by atoms with E-state index in [1.54, 1.807) is 0 Å². The summed E-state index contributed by atoms with van der Waals surface area (Å²) in [5.74, 6) is -0.155. The lowest BCUT2D eigenvalue weighted by Gasteiger charge is -2.72. The molecule has 0 aliphatic heterocycles. The van der Waals surface area contributed by atoms with Crippen LogP contribution in [0.2, 0.25) is 0 Å². The van der Waals surface area contributed by atoms with Crippen molar-refractivity contribution in [1.82, 2.24) is 0 Å². The third kappa shape index (κ3) is 3.16. The lowest BCUT2D eigenvalue weighted by Crippen LogP contribution is -2.67. The van der Waals surface area contributed by atoms with Crippen LogP contribution in [-0.2, 0) is 9.59 Å². The van der Waals surface area contributed by atoms with Gasteiger partial charge in [-0.2, -0.15) is 0 Å². The third-order valence-corrected chi connectivity index (χ3v) is 13.8. The van der Waals surface area contributed by atoms with Crippen LogP contribution in [0.15, 0.2) is 11.6 Å². The number of aliphatic hydroxyl groups is 1. The van der Waals surface area contributed by atoms with Gasteiger partial charge in [0.1, 0.15) is 0 Å². The van der Waals surface area contributed by atoms with Crippen LogP contribution in [0, 0.1) is 56.7 Å². The van der Waals surface area contributed by atoms with Crippen LogP contribution in [0.3, 0.4) is 0 Å². The zero-order valence-corrected chi connectivity index (χ0v) is 23.3. The van der Waals surface area contributed by atoms with E-state index < -0.39 is 17.4 Å². The minimum absolute atomic E-state index is 0.0114. The summed E-state index contributed by atoms with van der Waals surface area (Å²) < 4.78 is 0. The van der Waals surface area contributed by atoms with Gasteiger partial charge < -0.3 is 15.3 Å². The molecule has 0 saturated heterocycles. The van der Waals surface area contributed by atoms with Gasteiger partial charge in [-0.05, 0) is 122 Å². The molecule has 202 valence electrons. The fourth-order valence-corrected chi connectivity index (χ4v) is 11.8. The van der Waals surface area contributed by atoms with Crippen molar-refractivity contribution in [3.8, 4) is 0 Å². The molecule has 5 aliphatic carbocycles. The summed E-state index contributed by atoms with van der Waals surface area (Å²) in [6.07, 6.45) is 10.6. The number of carboxylic acid groups (broad SMARTS) is 2. The molecule has 0 amide bonds. The lowest BCUT2D eigenvalue weighted by atomic mass is 9.32. The van der Waals surface area contributed by atoms with Gasteiger partial charge in [0.25, 0.3) is 0 Å². The normalized spacial score (nSPS) is 51.9. The Kier molecular flexibility index (Phi) is 5.89. The number of hydrogen-bond donors (Lipinski definition) is 3. The molecule has 0 aromatic rings. The predicted molar refractivity (Wildman–Crippen MR) is 139 cm³/mol. The highest BCUT2D eigenvalue weighted by Crippen LogP contribution is 2.77. The number of hydrogen-bond acceptors (Lipinski definition) is 3. The average molecular weight is 501 g/mol. The Labute approximate surface area is 217 Å². The fraction of sp³-hybridized carbons (Fsp3) is 0.871. The molecule has 0 aromatic carbocycles. The van der Waals surface area contributed by atoms with Gasteiger partial charge in [0.2, 0.25) is 0 Å². The molecule has 0 radical (unpaired) electrons. The Morgan fingerprint density at radius 2 is 1.47 bits per heavy atom. The first-order chi connectivity index (χ1) is 16.6. The van der Waals surface area contributed by atoms with Crippen LogP contribution in [0.4, 0.5) is 0 Å². The molecule has 0 bridgehead atoms. The van der Waals surface area contributed by atoms with Crippen molar-refractivity contribution < 1.29 is 24.9 Å². The van der Waals surface area contributed by atoms with Crippen LogP contribution in [0.5, 0.6) is 0 Å². The van der Waals surface area contributed by atoms with E-state index in [4.69, 9.17) is 0 Å². The van der Waals surface area contributed by atoms with Crippen molar-refractivity contribution in [2.24, 2.45) is 56.7 Å². The SMILES string of the molecule is C/C(=C\C(=O)O)[C@@H]1CC[C@]2(C(=O)O)CC[C@]3(C)C(CCC4[C@@]5(C)CC[C@H](O)C(C)(C)C5CC[C@]43C)C12. The van der Waals surface area contributed by atoms with Crippen LogP contribution < -0.4 is 0 Å². The quantitative estimate of drug-likeness (QED) is 0.382. The predicted octanol–water partition coefficient (Wildman–Crippen LogP) is 6.54. The first kappa shape index (κ1) is 26.3. The smallest absolute Gasteiger partial charge is 0.328 e. The van der Waals surface area contributed by atoms with Crippen molar-refractivity contribution >= 4 is 11.9 Å². The van der Waals surface area contributed by atoms with Gasteiger partial charge in [-0.3, -0.25) is 4.79 Å². The van der Waals surface area contributed by atoms with Crippen molar-refractivity contribution in [1.29, 1.82) is 0 Å². The number of allylic oxidation sites excluding steroid dienone is 1. The summed E-state index contributed by atoms with van der Waals surface area (Å²) in [6.45, 7) is 14.0. The van der Waals surface area contributed by atoms with E-state index in [0.29, 0.717) is 30.6 Å². The molecule has 3 N–H and O–H groups in total. The zero-order chi connectivity index (χ0) is 26.5. The zero-order valence-electron chi connectivity index (χ0n) is 23.3. The van der Waals surface area contributed by atoms with Gasteiger partial charge in [-0.1, -0.05) is 40.2 Å². The van der Waals surface area contributed by atoms with E-state index in [0.717, 1.165) is 56.9 Å². The highest BCUT2D eigenvalue weighted by molar-refractivity contribution is 5.81. The fourth-order valence-electron chi connectivity index (χ4n) is 11.8. The van der Waals surface area contributed by atoms with Crippen molar-refractivity contribution in [3.63, 3.8) is 0 Å². The summed E-state index contributed by atoms with van der Waals surface area (Å²) in [4.78, 5) is 24.4. The van der Waals surface area contributed by atoms with Gasteiger partial charge in [-0.15, -0.1) is 0 Å². The Balaban J connectivity index is 1.57. The molecule has 5 rings (SSSR count). The molecule has 36 heavy (non-hydrogen) atoms. The monoisotopic (exact) mass is 500 g/mol. The van der Waals surface area contributed by atoms with Gasteiger partial charge in [0.05, 0.1) is 11.5 Å². The lowest BCUT2D eigenvalue weighted by molar-refractivity contribution is -0.248. The Morgan fingerprint density at radius 3 is 2.11 bits per heavy atom. The molecule has 0 spiro atoms. The maximum atomic E-state index is 12.9. The van der Waals surface area contributed by atoms with E-state index in [1.165, 1.54) is 6.08 Å². The van der Waals surface area contributed by atoms with E-state index in [2.05, 4.69) is 34.6 Å². The third-order valence-electron chi connectivity index (χ3n) is 13.8. The largest absolute Gasteiger partial charge is 0.481 e. The summed E-state index contributed by atoms with van der Waals surface area (Å²) >= 11 is 0. The number of carboxylic acids is 2. The highest BCUT2D eigenvalue weighted by Gasteiger charge is 2.72. The van der Waals surface area contributed by atoms with Gasteiger partial charge in [0, 0.05) is 6.08 Å². The maximum absolute atomic E-state index is 12.9. The Bertz CT molecular complexity index is 983. The second kappa shape index (κ2) is 8.07. The van der Waals surface area contributed by atoms with Crippen molar-refractivity contribution in [2.75, 3.05) is 0 Å². The van der Waals surface area contributed by atoms with Gasteiger partial charge in [-0.25, -0.2) is 4.79 Å². The first-order valence-corrected chi connectivity index (χ1v) is 14.5. The van der Waals surface area contributed by atoms with E-state index >= 15 is 0 Å². The van der Waals surface area contributed by atoms with E-state index in [-0.39, 0.29) is 39.6 Å². The second-order valence-electron chi connectivity index (χ2n) is 14.9. The summed E-state index contributed by atoms with van der Waals surface area (Å²) in [7, 11) is 0. The molecule has 5 heteroatoms. The standard InChI is InChI=1S/C31H48O5/c1-18(17-24(33)34)19-9-14-31(26(35)36)16-15-29(5)20(25(19)31)7-8-22-28(4)12-11-23(32)27(2,3)21(28)10-13-30(22,29)6/h17,19-23,25,32H,7-16H2,1-6H3,(H,33,34)(H,35,36)/b18-17+/t19-,20?,21?,22?,23-,25?,28-,29+,30+,31-/m0/s1. The molecule has 4 unspecified atom stereocenters. The van der Waals surface area contributed by atoms with E-state index in [9.17, 15) is 24.9 Å². The second-order valence-corrected chi connectivity index (χ2v) is 14.9. The molecular formula is C31H48O5. The van der Waals surface area contributed by atoms with Crippen LogP contribution in [0.25, 0.3) is 0 Å². The van der Waals surface area contributed by atoms with Crippen LogP contribution in [0.1, 0.15) is 106 Å². The topological polar surface area (TPSA) is 94.8 Å².